The van der Waals surface area contributed by atoms with E-state index in [1.807, 2.05) is 55.0 Å². The zero-order chi connectivity index (χ0) is 24.7. The number of hydrogen-bond acceptors (Lipinski definition) is 4. The molecule has 3 aromatic rings. The Morgan fingerprint density at radius 1 is 1.00 bits per heavy atom. The Kier molecular flexibility index (Phi) is 8.02. The quantitative estimate of drug-likeness (QED) is 0.407. The number of ether oxygens (including phenoxy) is 1. The fourth-order valence-corrected chi connectivity index (χ4v) is 5.21. The van der Waals surface area contributed by atoms with Crippen LogP contribution >= 0.6 is 0 Å². The van der Waals surface area contributed by atoms with Crippen molar-refractivity contribution in [2.45, 2.75) is 51.0 Å². The van der Waals surface area contributed by atoms with Gasteiger partial charge in [-0.05, 0) is 18.9 Å². The number of carbonyl (C=O) groups is 1. The van der Waals surface area contributed by atoms with Crippen molar-refractivity contribution in [2.75, 3.05) is 6.61 Å². The Labute approximate surface area is 222 Å². The first-order valence-corrected chi connectivity index (χ1v) is 14.1. The van der Waals surface area contributed by atoms with Gasteiger partial charge < -0.3 is 0 Å². The third-order valence-corrected chi connectivity index (χ3v) is 7.64. The van der Waals surface area contributed by atoms with Crippen LogP contribution in [0.25, 0.3) is 11.1 Å². The molecular formula is C29H30N4O2W. The van der Waals surface area contributed by atoms with Crippen LogP contribution < -0.4 is 10.1 Å². The summed E-state index contributed by atoms with van der Waals surface area (Å²) in [5, 5.41) is 2.89. The number of fused-ring (bicyclic) bond motifs is 2. The van der Waals surface area contributed by atoms with E-state index < -0.39 is 0 Å². The van der Waals surface area contributed by atoms with Crippen LogP contribution in [-0.4, -0.2) is 30.9 Å². The molecule has 1 aliphatic heterocycles. The van der Waals surface area contributed by atoms with E-state index in [-0.39, 0.29) is 5.91 Å². The number of aromatic nitrogens is 3. The third kappa shape index (κ3) is 6.17. The van der Waals surface area contributed by atoms with Gasteiger partial charge in [-0.1, -0.05) is 0 Å². The van der Waals surface area contributed by atoms with Crippen molar-refractivity contribution in [1.82, 2.24) is 19.9 Å². The molecule has 184 valence electrons. The van der Waals surface area contributed by atoms with Gasteiger partial charge in [-0.2, -0.15) is 0 Å². The fourth-order valence-electron chi connectivity index (χ4n) is 4.32. The molecule has 6 nitrogen and oxygen atoms in total. The molecule has 1 aromatic carbocycles. The predicted molar refractivity (Wildman–Crippen MR) is 138 cm³/mol. The van der Waals surface area contributed by atoms with Gasteiger partial charge in [0.25, 0.3) is 0 Å². The van der Waals surface area contributed by atoms with Gasteiger partial charge in [-0.25, -0.2) is 0 Å². The van der Waals surface area contributed by atoms with Gasteiger partial charge in [0, 0.05) is 11.6 Å². The van der Waals surface area contributed by atoms with E-state index in [9.17, 15) is 4.79 Å². The summed E-state index contributed by atoms with van der Waals surface area (Å²) in [4.78, 5) is 22.3. The van der Waals surface area contributed by atoms with E-state index in [1.165, 1.54) is 36.1 Å². The van der Waals surface area contributed by atoms with Gasteiger partial charge >= 0.3 is 188 Å². The molecule has 0 unspecified atom stereocenters. The molecule has 3 heterocycles. The van der Waals surface area contributed by atoms with E-state index in [1.54, 1.807) is 6.20 Å². The molecule has 1 aliphatic carbocycles. The summed E-state index contributed by atoms with van der Waals surface area (Å²) in [5.41, 5.74) is 3.65. The Morgan fingerprint density at radius 3 is 2.69 bits per heavy atom. The summed E-state index contributed by atoms with van der Waals surface area (Å²) in [5.74, 6) is 2.06. The van der Waals surface area contributed by atoms with Crippen molar-refractivity contribution in [3.05, 3.63) is 90.4 Å². The number of imidazole rings is 1. The number of aryl methyl sites for hydroxylation is 1. The van der Waals surface area contributed by atoms with Crippen LogP contribution in [0.3, 0.4) is 0 Å². The summed E-state index contributed by atoms with van der Waals surface area (Å²) in [6.07, 6.45) is 20.0. The van der Waals surface area contributed by atoms with Crippen LogP contribution in [0.15, 0.2) is 73.4 Å². The van der Waals surface area contributed by atoms with E-state index in [0.717, 1.165) is 54.9 Å². The Morgan fingerprint density at radius 2 is 1.86 bits per heavy atom. The molecule has 0 saturated heterocycles. The maximum atomic E-state index is 13.1. The fraction of sp³-hybridized carbons (Fsp3) is 0.310. The van der Waals surface area contributed by atoms with Crippen molar-refractivity contribution in [2.24, 2.45) is 0 Å². The second kappa shape index (κ2) is 11.7. The van der Waals surface area contributed by atoms with Crippen molar-refractivity contribution in [3.63, 3.8) is 0 Å². The van der Waals surface area contributed by atoms with Crippen LogP contribution in [0.1, 0.15) is 66.3 Å². The summed E-state index contributed by atoms with van der Waals surface area (Å²) in [6, 6.07) is 10.0. The second-order valence-electron chi connectivity index (χ2n) is 9.22. The van der Waals surface area contributed by atoms with Gasteiger partial charge in [-0.15, -0.1) is 0 Å². The molecule has 2 aliphatic rings. The molecule has 2 aromatic heterocycles. The minimum absolute atomic E-state index is 0.193. The van der Waals surface area contributed by atoms with Crippen LogP contribution in [0.5, 0.6) is 5.75 Å². The molecule has 1 fully saturated rings. The van der Waals surface area contributed by atoms with E-state index in [0.29, 0.717) is 23.8 Å². The molecule has 1 saturated carbocycles. The van der Waals surface area contributed by atoms with Gasteiger partial charge in [0.15, 0.2) is 0 Å². The molecule has 0 atom stereocenters. The topological polar surface area (TPSA) is 69.0 Å². The van der Waals surface area contributed by atoms with Gasteiger partial charge in [-0.3, -0.25) is 4.98 Å². The first-order chi connectivity index (χ1) is 17.7. The number of allylic oxidation sites excluding steroid dienone is 3. The molecule has 7 heteroatoms. The number of pyridine rings is 1. The van der Waals surface area contributed by atoms with Crippen LogP contribution in [0, 0.1) is 0 Å². The predicted octanol–water partition coefficient (Wildman–Crippen LogP) is 5.34. The van der Waals surface area contributed by atoms with Crippen LogP contribution in [-0.2, 0) is 25.9 Å². The summed E-state index contributed by atoms with van der Waals surface area (Å²) >= 11 is 1.36. The van der Waals surface area contributed by atoms with E-state index in [2.05, 4.69) is 32.0 Å². The SMILES string of the molecule is O=C1NC=CC=C[C](=[W])c2nccn2CCCCCCOc2ccc(-c3ccc(C4CC4)nc3)cc21. The number of rotatable bonds is 2. The standard InChI is InChI=1S/C29H30N4O2.W/c34-29-25-20-23(24-11-13-26(32-21-24)22-9-10-22)12-14-27(25)35-19-7-2-1-6-17-33-18-16-30-28(33)8-4-3-5-15-31-29;/h3-5,11-16,18,20-22H,1-2,6-7,9-10,17,19H2,(H,31,34);. The maximum absolute atomic E-state index is 13.1. The zero-order valence-electron chi connectivity index (χ0n) is 20.2. The number of benzene rings is 1. The number of hydrogen-bond donors (Lipinski definition) is 1. The summed E-state index contributed by atoms with van der Waals surface area (Å²) in [6.45, 7) is 1.55. The Bertz CT molecular complexity index is 1290. The van der Waals surface area contributed by atoms with Gasteiger partial charge in [0.05, 0.1) is 0 Å². The monoisotopic (exact) mass is 650 g/mol. The molecule has 36 heavy (non-hydrogen) atoms. The number of nitrogens with one attached hydrogen (secondary N) is 1. The molecule has 0 spiro atoms. The first-order valence-electron chi connectivity index (χ1n) is 12.6. The summed E-state index contributed by atoms with van der Waals surface area (Å²) < 4.78 is 9.47. The third-order valence-electron chi connectivity index (χ3n) is 6.50. The Balaban J connectivity index is 1.36. The molecular weight excluding hydrogens is 620 g/mol. The van der Waals surface area contributed by atoms with Crippen LogP contribution in [0.2, 0.25) is 0 Å². The van der Waals surface area contributed by atoms with Gasteiger partial charge in [0.2, 0.25) is 0 Å². The average molecular weight is 650 g/mol. The summed E-state index contributed by atoms with van der Waals surface area (Å²) in [7, 11) is 0. The molecule has 0 radical (unpaired) electrons. The van der Waals surface area contributed by atoms with Crippen molar-refractivity contribution >= 4 is 9.81 Å². The number of carbonyl (C=O) groups excluding carboxylic acids is 1. The number of amides is 1. The minimum atomic E-state index is -0.193. The molecule has 5 rings (SSSR count). The van der Waals surface area contributed by atoms with E-state index in [4.69, 9.17) is 4.74 Å². The average Bonchev–Trinajstić information content (AvgIpc) is 3.65. The van der Waals surface area contributed by atoms with Gasteiger partial charge in [0.1, 0.15) is 0 Å². The normalized spacial score (nSPS) is 17.3. The van der Waals surface area contributed by atoms with Crippen molar-refractivity contribution < 1.29 is 28.9 Å². The molecule has 0 bridgehead atoms. The number of nitrogens with zero attached hydrogens (tertiary/aromatic N) is 3. The van der Waals surface area contributed by atoms with E-state index >= 15 is 0 Å². The van der Waals surface area contributed by atoms with Crippen molar-refractivity contribution in [1.29, 1.82) is 0 Å². The molecule has 1 N–H and O–H groups in total. The molecule has 1 amide bonds. The van der Waals surface area contributed by atoms with Crippen molar-refractivity contribution in [3.8, 4) is 16.9 Å². The van der Waals surface area contributed by atoms with Crippen LogP contribution in [0.4, 0.5) is 0 Å². The Hall–Kier alpha value is -3.11. The second-order valence-corrected chi connectivity index (χ2v) is 10.8. The zero-order valence-corrected chi connectivity index (χ0v) is 23.2. The first kappa shape index (κ1) is 24.6.